The molecule has 0 aromatic heterocycles. The first kappa shape index (κ1) is 15.6. The number of benzene rings is 1. The van der Waals surface area contributed by atoms with E-state index in [9.17, 15) is 9.90 Å². The molecule has 0 aliphatic heterocycles. The van der Waals surface area contributed by atoms with E-state index in [1.807, 2.05) is 0 Å². The molecule has 5 N–H and O–H groups in total. The fourth-order valence-electron chi connectivity index (χ4n) is 2.78. The average molecular weight is 291 g/mol. The van der Waals surface area contributed by atoms with E-state index in [2.05, 4.69) is 17.6 Å². The van der Waals surface area contributed by atoms with Crippen molar-refractivity contribution in [3.05, 3.63) is 23.8 Å². The fourth-order valence-corrected chi connectivity index (χ4v) is 2.78. The first-order chi connectivity index (χ1) is 9.93. The molecule has 0 atom stereocenters. The molecule has 0 bridgehead atoms. The smallest absolute Gasteiger partial charge is 0.253 e. The Balaban J connectivity index is 2.08. The van der Waals surface area contributed by atoms with Crippen molar-refractivity contribution >= 4 is 17.3 Å². The molecular formula is C16H25N3O2. The van der Waals surface area contributed by atoms with Crippen molar-refractivity contribution in [3.8, 4) is 0 Å². The molecule has 21 heavy (non-hydrogen) atoms. The molecular weight excluding hydrogens is 266 g/mol. The Morgan fingerprint density at radius 1 is 1.43 bits per heavy atom. The number of nitrogen functional groups attached to an aromatic ring is 1. The Kier molecular flexibility index (Phi) is 4.73. The van der Waals surface area contributed by atoms with Gasteiger partial charge in [-0.15, -0.1) is 0 Å². The molecule has 0 heterocycles. The molecule has 116 valence electrons. The van der Waals surface area contributed by atoms with Gasteiger partial charge in [0, 0.05) is 25.0 Å². The van der Waals surface area contributed by atoms with Gasteiger partial charge in [-0.3, -0.25) is 4.79 Å². The molecule has 0 saturated heterocycles. The van der Waals surface area contributed by atoms with E-state index < -0.39 is 5.60 Å². The SMILES string of the molecule is CNC(=O)c1ccc(N)cc1NCC1(O)CCC(C)CC1. The van der Waals surface area contributed by atoms with Crippen LogP contribution in [0.15, 0.2) is 18.2 Å². The molecule has 0 radical (unpaired) electrons. The highest BCUT2D eigenvalue weighted by atomic mass is 16.3. The van der Waals surface area contributed by atoms with Crippen LogP contribution in [0.5, 0.6) is 0 Å². The molecule has 2 rings (SSSR count). The molecule has 1 aromatic rings. The summed E-state index contributed by atoms with van der Waals surface area (Å²) in [6.45, 7) is 2.65. The number of nitrogens with one attached hydrogen (secondary N) is 2. The van der Waals surface area contributed by atoms with Crippen molar-refractivity contribution in [2.24, 2.45) is 5.92 Å². The Hall–Kier alpha value is -1.75. The van der Waals surface area contributed by atoms with Gasteiger partial charge < -0.3 is 21.5 Å². The predicted octanol–water partition coefficient (Wildman–Crippen LogP) is 1.98. The van der Waals surface area contributed by atoms with E-state index in [1.165, 1.54) is 0 Å². The highest BCUT2D eigenvalue weighted by Crippen LogP contribution is 2.32. The Bertz CT molecular complexity index is 508. The molecule has 5 heteroatoms. The lowest BCUT2D eigenvalue weighted by molar-refractivity contribution is 0.00499. The van der Waals surface area contributed by atoms with Crippen molar-refractivity contribution in [2.75, 3.05) is 24.6 Å². The fraction of sp³-hybridized carbons (Fsp3) is 0.562. The first-order valence-corrected chi connectivity index (χ1v) is 7.51. The van der Waals surface area contributed by atoms with Crippen LogP contribution in [0, 0.1) is 5.92 Å². The molecule has 1 amide bonds. The molecule has 1 aromatic carbocycles. The van der Waals surface area contributed by atoms with Crippen LogP contribution in [-0.4, -0.2) is 30.2 Å². The van der Waals surface area contributed by atoms with Gasteiger partial charge in [-0.2, -0.15) is 0 Å². The first-order valence-electron chi connectivity index (χ1n) is 7.51. The topological polar surface area (TPSA) is 87.4 Å². The van der Waals surface area contributed by atoms with Gasteiger partial charge in [0.05, 0.1) is 11.2 Å². The largest absolute Gasteiger partial charge is 0.399 e. The lowest BCUT2D eigenvalue weighted by atomic mass is 9.79. The number of amides is 1. The Morgan fingerprint density at radius 3 is 2.71 bits per heavy atom. The second kappa shape index (κ2) is 6.35. The van der Waals surface area contributed by atoms with Gasteiger partial charge in [0.2, 0.25) is 0 Å². The predicted molar refractivity (Wildman–Crippen MR) is 85.3 cm³/mol. The molecule has 0 spiro atoms. The highest BCUT2D eigenvalue weighted by molar-refractivity contribution is 6.00. The Labute approximate surface area is 125 Å². The molecule has 1 fully saturated rings. The zero-order valence-electron chi connectivity index (χ0n) is 12.8. The number of hydrogen-bond acceptors (Lipinski definition) is 4. The van der Waals surface area contributed by atoms with Gasteiger partial charge >= 0.3 is 0 Å². The number of nitrogens with two attached hydrogens (primary N) is 1. The summed E-state index contributed by atoms with van der Waals surface area (Å²) in [7, 11) is 1.60. The van der Waals surface area contributed by atoms with E-state index in [0.29, 0.717) is 29.4 Å². The van der Waals surface area contributed by atoms with Gasteiger partial charge in [0.25, 0.3) is 5.91 Å². The maximum Gasteiger partial charge on any atom is 0.253 e. The summed E-state index contributed by atoms with van der Waals surface area (Å²) in [6, 6.07) is 5.13. The summed E-state index contributed by atoms with van der Waals surface area (Å²) in [4.78, 5) is 11.9. The lowest BCUT2D eigenvalue weighted by Crippen LogP contribution is -2.40. The number of aliphatic hydroxyl groups is 1. The normalized spacial score (nSPS) is 25.4. The second-order valence-electron chi connectivity index (χ2n) is 6.14. The van der Waals surface area contributed by atoms with E-state index in [0.717, 1.165) is 25.7 Å². The number of anilines is 2. The van der Waals surface area contributed by atoms with E-state index in [4.69, 9.17) is 5.73 Å². The number of rotatable bonds is 4. The summed E-state index contributed by atoms with van der Waals surface area (Å²) in [6.07, 6.45) is 3.66. The average Bonchev–Trinajstić information content (AvgIpc) is 2.48. The van der Waals surface area contributed by atoms with E-state index in [1.54, 1.807) is 25.2 Å². The second-order valence-corrected chi connectivity index (χ2v) is 6.14. The van der Waals surface area contributed by atoms with E-state index in [-0.39, 0.29) is 5.91 Å². The minimum Gasteiger partial charge on any atom is -0.399 e. The number of carbonyl (C=O) groups is 1. The van der Waals surface area contributed by atoms with E-state index >= 15 is 0 Å². The van der Waals surface area contributed by atoms with Gasteiger partial charge in [0.1, 0.15) is 0 Å². The van der Waals surface area contributed by atoms with Crippen molar-refractivity contribution in [2.45, 2.75) is 38.2 Å². The zero-order chi connectivity index (χ0) is 15.5. The van der Waals surface area contributed by atoms with Crippen LogP contribution in [0.1, 0.15) is 43.0 Å². The zero-order valence-corrected chi connectivity index (χ0v) is 12.8. The lowest BCUT2D eigenvalue weighted by Gasteiger charge is -2.35. The van der Waals surface area contributed by atoms with Crippen molar-refractivity contribution in [1.82, 2.24) is 5.32 Å². The van der Waals surface area contributed by atoms with Crippen molar-refractivity contribution in [1.29, 1.82) is 0 Å². The van der Waals surface area contributed by atoms with Gasteiger partial charge in [-0.1, -0.05) is 6.92 Å². The third-order valence-corrected chi connectivity index (χ3v) is 4.33. The standard InChI is InChI=1S/C16H25N3O2/c1-11-5-7-16(21,8-6-11)10-19-14-9-12(17)3-4-13(14)15(20)18-2/h3-4,9,11,19,21H,5-8,10,17H2,1-2H3,(H,18,20). The van der Waals surface area contributed by atoms with Crippen LogP contribution in [0.3, 0.4) is 0 Å². The summed E-state index contributed by atoms with van der Waals surface area (Å²) in [5.41, 5.74) is 6.90. The van der Waals surface area contributed by atoms with Crippen molar-refractivity contribution in [3.63, 3.8) is 0 Å². The molecule has 1 saturated carbocycles. The molecule has 5 nitrogen and oxygen atoms in total. The maximum absolute atomic E-state index is 11.9. The molecule has 1 aliphatic rings. The van der Waals surface area contributed by atoms with Gasteiger partial charge in [-0.25, -0.2) is 0 Å². The summed E-state index contributed by atoms with van der Waals surface area (Å²) in [5.74, 6) is 0.515. The van der Waals surface area contributed by atoms with Crippen LogP contribution in [0.2, 0.25) is 0 Å². The monoisotopic (exact) mass is 291 g/mol. The number of hydrogen-bond donors (Lipinski definition) is 4. The summed E-state index contributed by atoms with van der Waals surface area (Å²) in [5, 5.41) is 16.4. The summed E-state index contributed by atoms with van der Waals surface area (Å²) >= 11 is 0. The van der Waals surface area contributed by atoms with Crippen LogP contribution in [0.25, 0.3) is 0 Å². The molecule has 0 unspecified atom stereocenters. The van der Waals surface area contributed by atoms with Crippen LogP contribution >= 0.6 is 0 Å². The minimum atomic E-state index is -0.697. The molecule has 1 aliphatic carbocycles. The number of carbonyl (C=O) groups excluding carboxylic acids is 1. The van der Waals surface area contributed by atoms with Gasteiger partial charge in [-0.05, 0) is 49.8 Å². The quantitative estimate of drug-likeness (QED) is 0.639. The van der Waals surface area contributed by atoms with Crippen LogP contribution in [-0.2, 0) is 0 Å². The van der Waals surface area contributed by atoms with Crippen molar-refractivity contribution < 1.29 is 9.90 Å². The highest BCUT2D eigenvalue weighted by Gasteiger charge is 2.31. The third-order valence-electron chi connectivity index (χ3n) is 4.33. The Morgan fingerprint density at radius 2 is 2.10 bits per heavy atom. The van der Waals surface area contributed by atoms with Crippen LogP contribution < -0.4 is 16.4 Å². The summed E-state index contributed by atoms with van der Waals surface area (Å²) < 4.78 is 0. The van der Waals surface area contributed by atoms with Crippen LogP contribution in [0.4, 0.5) is 11.4 Å². The third kappa shape index (κ3) is 3.88. The maximum atomic E-state index is 11.9. The minimum absolute atomic E-state index is 0.165. The van der Waals surface area contributed by atoms with Gasteiger partial charge in [0.15, 0.2) is 0 Å².